The van der Waals surface area contributed by atoms with E-state index in [0.717, 1.165) is 38.8 Å². The molecule has 0 saturated carbocycles. The minimum atomic E-state index is -1.92. The molecule has 0 atom stereocenters. The summed E-state index contributed by atoms with van der Waals surface area (Å²) in [5.41, 5.74) is -1.11. The van der Waals surface area contributed by atoms with Crippen LogP contribution in [0.2, 0.25) is 0 Å². The molecule has 2 N–H and O–H groups in total. The third-order valence-corrected chi connectivity index (χ3v) is 9.47. The smallest absolute Gasteiger partial charge is 0.321 e. The molecule has 0 aromatic rings. The fourth-order valence-corrected chi connectivity index (χ4v) is 8.08. The number of hydrogen-bond donors (Lipinski definition) is 2. The second kappa shape index (κ2) is 11.7. The van der Waals surface area contributed by atoms with Gasteiger partial charge in [0.1, 0.15) is 0 Å². The van der Waals surface area contributed by atoms with Crippen molar-refractivity contribution in [2.45, 2.75) is 116 Å². The molecule has 0 amide bonds. The first kappa shape index (κ1) is 33.0. The van der Waals surface area contributed by atoms with Crippen LogP contribution in [0.25, 0.3) is 0 Å². The van der Waals surface area contributed by atoms with Crippen molar-refractivity contribution in [2.24, 2.45) is 17.3 Å². The van der Waals surface area contributed by atoms with Gasteiger partial charge in [0, 0.05) is 35.2 Å². The topological polar surface area (TPSA) is 81.1 Å². The summed E-state index contributed by atoms with van der Waals surface area (Å²) in [6, 6.07) is 0. The predicted octanol–water partition coefficient (Wildman–Crippen LogP) is 6.95. The Morgan fingerprint density at radius 3 is 1.28 bits per heavy atom. The van der Waals surface area contributed by atoms with Crippen molar-refractivity contribution in [1.82, 2.24) is 9.80 Å². The number of hydrogen-bond acceptors (Lipinski definition) is 4. The number of carbonyl (C=O) groups is 2. The highest BCUT2D eigenvalue weighted by Crippen LogP contribution is 2.51. The Morgan fingerprint density at radius 1 is 0.692 bits per heavy atom. The van der Waals surface area contributed by atoms with E-state index in [1.807, 2.05) is 18.2 Å². The van der Waals surface area contributed by atoms with Crippen LogP contribution in [-0.4, -0.2) is 67.2 Å². The molecular formula is C33H54N2O4. The normalized spacial score (nSPS) is 23.5. The van der Waals surface area contributed by atoms with Crippen LogP contribution >= 0.6 is 0 Å². The van der Waals surface area contributed by atoms with E-state index in [2.05, 4.69) is 84.9 Å². The Labute approximate surface area is 237 Å². The summed E-state index contributed by atoms with van der Waals surface area (Å²) in [5, 5.41) is 20.2. The van der Waals surface area contributed by atoms with Gasteiger partial charge in [-0.1, -0.05) is 29.9 Å². The van der Waals surface area contributed by atoms with E-state index in [4.69, 9.17) is 0 Å². The number of likely N-dealkylation sites (tertiary alicyclic amines) is 2. The fourth-order valence-electron chi connectivity index (χ4n) is 8.08. The Morgan fingerprint density at radius 2 is 1.03 bits per heavy atom. The van der Waals surface area contributed by atoms with Gasteiger partial charge in [0.15, 0.2) is 5.41 Å². The van der Waals surface area contributed by atoms with Crippen molar-refractivity contribution >= 4 is 11.9 Å². The van der Waals surface area contributed by atoms with Crippen molar-refractivity contribution in [2.75, 3.05) is 13.1 Å². The monoisotopic (exact) mass is 542 g/mol. The maximum Gasteiger partial charge on any atom is 0.321 e. The van der Waals surface area contributed by atoms with Crippen LogP contribution in [0.4, 0.5) is 0 Å². The largest absolute Gasteiger partial charge is 0.480 e. The molecule has 2 heterocycles. The first-order chi connectivity index (χ1) is 17.8. The van der Waals surface area contributed by atoms with E-state index < -0.39 is 17.4 Å². The van der Waals surface area contributed by atoms with E-state index in [1.54, 1.807) is 0 Å². The van der Waals surface area contributed by atoms with Gasteiger partial charge in [-0.3, -0.25) is 19.4 Å². The molecule has 6 heteroatoms. The van der Waals surface area contributed by atoms with E-state index in [-0.39, 0.29) is 46.8 Å². The number of piperidine rings is 2. The summed E-state index contributed by atoms with van der Waals surface area (Å²) in [6.45, 7) is 31.5. The lowest BCUT2D eigenvalue weighted by atomic mass is 9.63. The summed E-state index contributed by atoms with van der Waals surface area (Å²) in [5.74, 6) is -2.20. The maximum absolute atomic E-state index is 12.4. The SMILES string of the molecule is C=CCN1C(C)(C)CC(C(=CCC(CC=C)(C(=O)O)C(=O)O)C2CC(C)(C)N(CC=C)C(C)(C)C2)CC1(C)C. The molecule has 0 spiro atoms. The molecule has 0 aliphatic carbocycles. The highest BCUT2D eigenvalue weighted by atomic mass is 16.4. The molecule has 2 aliphatic heterocycles. The van der Waals surface area contributed by atoms with Gasteiger partial charge in [-0.25, -0.2) is 0 Å². The van der Waals surface area contributed by atoms with Crippen molar-refractivity contribution < 1.29 is 19.8 Å². The molecule has 2 fully saturated rings. The highest BCUT2D eigenvalue weighted by Gasteiger charge is 2.51. The Hall–Kier alpha value is -2.18. The third kappa shape index (κ3) is 6.77. The standard InChI is InChI=1S/C33H54N2O4/c1-12-16-33(27(36)37,28(38)39)17-15-26(24-20-29(4,5)34(18-13-2)30(6,7)21-24)25-22-31(8,9)35(19-14-3)32(10,11)23-25/h12-15,24-25H,1-3,16-23H2,4-11H3,(H,36,37)(H,38,39). The number of nitrogens with zero attached hydrogens (tertiary/aromatic N) is 2. The minimum Gasteiger partial charge on any atom is -0.480 e. The van der Waals surface area contributed by atoms with E-state index in [9.17, 15) is 19.8 Å². The second-order valence-corrected chi connectivity index (χ2v) is 14.4. The Kier molecular flexibility index (Phi) is 9.94. The van der Waals surface area contributed by atoms with Crippen LogP contribution in [-0.2, 0) is 9.59 Å². The van der Waals surface area contributed by atoms with Gasteiger partial charge in [-0.2, -0.15) is 0 Å². The Balaban J connectivity index is 2.68. The zero-order chi connectivity index (χ0) is 30.0. The maximum atomic E-state index is 12.4. The van der Waals surface area contributed by atoms with Crippen molar-refractivity contribution in [3.8, 4) is 0 Å². The molecule has 220 valence electrons. The van der Waals surface area contributed by atoms with Crippen LogP contribution in [0.5, 0.6) is 0 Å². The predicted molar refractivity (Wildman–Crippen MR) is 161 cm³/mol. The van der Waals surface area contributed by atoms with Crippen LogP contribution in [0, 0.1) is 17.3 Å². The molecular weight excluding hydrogens is 488 g/mol. The van der Waals surface area contributed by atoms with Crippen molar-refractivity contribution in [1.29, 1.82) is 0 Å². The molecule has 39 heavy (non-hydrogen) atoms. The lowest BCUT2D eigenvalue weighted by molar-refractivity contribution is -0.164. The van der Waals surface area contributed by atoms with Gasteiger partial charge in [0.2, 0.25) is 0 Å². The minimum absolute atomic E-state index is 0.0551. The summed E-state index contributed by atoms with van der Waals surface area (Å²) in [7, 11) is 0. The summed E-state index contributed by atoms with van der Waals surface area (Å²) in [4.78, 5) is 29.8. The van der Waals surface area contributed by atoms with Crippen molar-refractivity contribution in [3.63, 3.8) is 0 Å². The van der Waals surface area contributed by atoms with Gasteiger partial charge in [-0.05, 0) is 106 Å². The molecule has 0 bridgehead atoms. The van der Waals surface area contributed by atoms with Gasteiger partial charge in [0.25, 0.3) is 0 Å². The molecule has 2 rings (SSSR count). The fraction of sp³-hybridized carbons (Fsp3) is 0.697. The van der Waals surface area contributed by atoms with Gasteiger partial charge < -0.3 is 10.2 Å². The quantitative estimate of drug-likeness (QED) is 0.205. The first-order valence-electron chi connectivity index (χ1n) is 14.4. The molecule has 0 aromatic carbocycles. The molecule has 6 nitrogen and oxygen atoms in total. The van der Waals surface area contributed by atoms with E-state index >= 15 is 0 Å². The zero-order valence-corrected chi connectivity index (χ0v) is 25.8. The number of rotatable bonds is 12. The molecule has 0 unspecified atom stereocenters. The highest BCUT2D eigenvalue weighted by molar-refractivity contribution is 5.98. The molecule has 2 aliphatic rings. The first-order valence-corrected chi connectivity index (χ1v) is 14.4. The van der Waals surface area contributed by atoms with Gasteiger partial charge in [-0.15, -0.1) is 19.7 Å². The van der Waals surface area contributed by atoms with Crippen LogP contribution in [0.15, 0.2) is 49.6 Å². The van der Waals surface area contributed by atoms with Crippen LogP contribution < -0.4 is 0 Å². The van der Waals surface area contributed by atoms with E-state index in [1.165, 1.54) is 11.6 Å². The van der Waals surface area contributed by atoms with E-state index in [0.29, 0.717) is 0 Å². The lowest BCUT2D eigenvalue weighted by Gasteiger charge is -2.59. The summed E-state index contributed by atoms with van der Waals surface area (Å²) < 4.78 is 0. The summed E-state index contributed by atoms with van der Waals surface area (Å²) in [6.07, 6.45) is 10.8. The average Bonchev–Trinajstić information content (AvgIpc) is 2.76. The van der Waals surface area contributed by atoms with Gasteiger partial charge in [0.05, 0.1) is 0 Å². The second-order valence-electron chi connectivity index (χ2n) is 14.4. The molecule has 0 radical (unpaired) electrons. The number of carboxylic acids is 2. The van der Waals surface area contributed by atoms with Crippen molar-refractivity contribution in [3.05, 3.63) is 49.6 Å². The Bertz CT molecular complexity index is 886. The number of allylic oxidation sites excluding steroid dienone is 3. The van der Waals surface area contributed by atoms with Crippen LogP contribution in [0.3, 0.4) is 0 Å². The average molecular weight is 543 g/mol. The number of aliphatic carboxylic acids is 2. The lowest BCUT2D eigenvalue weighted by Crippen LogP contribution is -2.62. The molecule has 0 aromatic heterocycles. The zero-order valence-electron chi connectivity index (χ0n) is 25.8. The van der Waals surface area contributed by atoms with Gasteiger partial charge >= 0.3 is 11.9 Å². The summed E-state index contributed by atoms with van der Waals surface area (Å²) >= 11 is 0. The molecule has 2 saturated heterocycles. The van der Waals surface area contributed by atoms with Crippen LogP contribution in [0.1, 0.15) is 93.9 Å². The number of carboxylic acid groups (broad SMARTS) is 2. The third-order valence-electron chi connectivity index (χ3n) is 9.47.